The minimum atomic E-state index is -5.08. The lowest BCUT2D eigenvalue weighted by Crippen LogP contribution is -2.34. The summed E-state index contributed by atoms with van der Waals surface area (Å²) in [7, 11) is 0. The van der Waals surface area contributed by atoms with Gasteiger partial charge in [0.1, 0.15) is 5.69 Å². The van der Waals surface area contributed by atoms with E-state index in [-0.39, 0.29) is 5.91 Å². The second kappa shape index (κ2) is 4.72. The van der Waals surface area contributed by atoms with E-state index in [1.807, 2.05) is 0 Å². The number of halogens is 3. The fourth-order valence-electron chi connectivity index (χ4n) is 0.898. The van der Waals surface area contributed by atoms with Crippen molar-refractivity contribution in [3.8, 4) is 0 Å². The number of hydrogen-bond donors (Lipinski definition) is 4. The van der Waals surface area contributed by atoms with Gasteiger partial charge in [-0.1, -0.05) is 0 Å². The molecule has 94 valence electrons. The number of aromatic nitrogens is 2. The molecule has 1 amide bonds. The number of anilines is 1. The standard InChI is InChI=1S/C5H6N4O.C2HF3O2/c10-5-3-4(7-1-6-3)8-2-9-5;3-2(4,5)1(6)7/h1,8H,2H2,(H,6,7)(H,9,10);(H,6,7). The number of carbonyl (C=O) groups excluding carboxylic acids is 1. The largest absolute Gasteiger partial charge is 0.490 e. The van der Waals surface area contributed by atoms with Crippen LogP contribution < -0.4 is 10.6 Å². The van der Waals surface area contributed by atoms with Gasteiger partial charge in [0.05, 0.1) is 13.0 Å². The molecule has 0 saturated carbocycles. The number of nitrogens with one attached hydrogen (secondary N) is 3. The van der Waals surface area contributed by atoms with Crippen LogP contribution in [0.5, 0.6) is 0 Å². The normalized spacial score (nSPS) is 13.7. The zero-order valence-corrected chi connectivity index (χ0v) is 8.13. The number of carbonyl (C=O) groups is 2. The first-order valence-corrected chi connectivity index (χ1v) is 4.18. The second-order valence-electron chi connectivity index (χ2n) is 2.79. The number of aromatic amines is 1. The molecule has 10 heteroatoms. The van der Waals surface area contributed by atoms with Crippen LogP contribution in [-0.4, -0.2) is 39.8 Å². The number of H-pyrrole nitrogens is 1. The van der Waals surface area contributed by atoms with Crippen molar-refractivity contribution < 1.29 is 27.9 Å². The molecule has 4 N–H and O–H groups in total. The van der Waals surface area contributed by atoms with Gasteiger partial charge in [-0.3, -0.25) is 4.79 Å². The molecule has 0 radical (unpaired) electrons. The number of amides is 1. The molecule has 1 aliphatic rings. The molecule has 0 spiro atoms. The Balaban J connectivity index is 0.000000185. The van der Waals surface area contributed by atoms with E-state index in [9.17, 15) is 18.0 Å². The Kier molecular flexibility index (Phi) is 3.55. The molecule has 7 nitrogen and oxygen atoms in total. The van der Waals surface area contributed by atoms with Crippen LogP contribution in [0.25, 0.3) is 0 Å². The number of rotatable bonds is 0. The van der Waals surface area contributed by atoms with Gasteiger partial charge in [0, 0.05) is 0 Å². The molecular weight excluding hydrogens is 245 g/mol. The fourth-order valence-corrected chi connectivity index (χ4v) is 0.898. The molecule has 0 aliphatic carbocycles. The van der Waals surface area contributed by atoms with Gasteiger partial charge in [-0.25, -0.2) is 9.78 Å². The van der Waals surface area contributed by atoms with Crippen LogP contribution in [-0.2, 0) is 4.79 Å². The number of nitrogens with zero attached hydrogens (tertiary/aromatic N) is 1. The minimum absolute atomic E-state index is 0.105. The second-order valence-corrected chi connectivity index (χ2v) is 2.79. The summed E-state index contributed by atoms with van der Waals surface area (Å²) in [4.78, 5) is 26.4. The summed E-state index contributed by atoms with van der Waals surface area (Å²) < 4.78 is 31.7. The van der Waals surface area contributed by atoms with Gasteiger partial charge in [-0.2, -0.15) is 13.2 Å². The average Bonchev–Trinajstić information content (AvgIpc) is 2.66. The molecule has 1 aromatic heterocycles. The van der Waals surface area contributed by atoms with Gasteiger partial charge >= 0.3 is 12.1 Å². The van der Waals surface area contributed by atoms with E-state index < -0.39 is 12.1 Å². The lowest BCUT2D eigenvalue weighted by atomic mass is 10.3. The first-order chi connectivity index (χ1) is 7.82. The van der Waals surface area contributed by atoms with Crippen LogP contribution in [0.3, 0.4) is 0 Å². The lowest BCUT2D eigenvalue weighted by Gasteiger charge is -2.12. The first-order valence-electron chi connectivity index (χ1n) is 4.18. The van der Waals surface area contributed by atoms with Gasteiger partial charge in [0.25, 0.3) is 5.91 Å². The SMILES string of the molecule is O=C(O)C(F)(F)F.O=C1NCNc2nc[nH]c21. The van der Waals surface area contributed by atoms with Crippen molar-refractivity contribution in [1.82, 2.24) is 15.3 Å². The summed E-state index contributed by atoms with van der Waals surface area (Å²) in [6.45, 7) is 0.455. The van der Waals surface area contributed by atoms with Gasteiger partial charge < -0.3 is 20.7 Å². The smallest absolute Gasteiger partial charge is 0.475 e. The number of carboxylic acid groups (broad SMARTS) is 1. The van der Waals surface area contributed by atoms with Crippen LogP contribution in [0.4, 0.5) is 19.0 Å². The van der Waals surface area contributed by atoms with E-state index in [2.05, 4.69) is 20.6 Å². The number of fused-ring (bicyclic) bond motifs is 1. The zero-order chi connectivity index (χ0) is 13.1. The quantitative estimate of drug-likeness (QED) is 0.526. The van der Waals surface area contributed by atoms with Crippen LogP contribution in [0.1, 0.15) is 10.5 Å². The molecule has 17 heavy (non-hydrogen) atoms. The molecule has 1 aromatic rings. The predicted molar refractivity (Wildman–Crippen MR) is 48.2 cm³/mol. The average molecular weight is 252 g/mol. The topological polar surface area (TPSA) is 107 Å². The molecule has 2 heterocycles. The fraction of sp³-hybridized carbons (Fsp3) is 0.286. The van der Waals surface area contributed by atoms with Crippen molar-refractivity contribution in [1.29, 1.82) is 0 Å². The third-order valence-electron chi connectivity index (χ3n) is 1.61. The van der Waals surface area contributed by atoms with Gasteiger partial charge in [-0.05, 0) is 0 Å². The van der Waals surface area contributed by atoms with Crippen molar-refractivity contribution in [3.63, 3.8) is 0 Å². The monoisotopic (exact) mass is 252 g/mol. The zero-order valence-electron chi connectivity index (χ0n) is 8.13. The Hall–Kier alpha value is -2.26. The first kappa shape index (κ1) is 12.8. The molecule has 0 fully saturated rings. The summed E-state index contributed by atoms with van der Waals surface area (Å²) in [6, 6.07) is 0. The van der Waals surface area contributed by atoms with Gasteiger partial charge in [-0.15, -0.1) is 0 Å². The molecular formula is C7H7F3N4O3. The molecule has 0 aromatic carbocycles. The highest BCUT2D eigenvalue weighted by molar-refractivity contribution is 5.98. The molecule has 0 saturated heterocycles. The van der Waals surface area contributed by atoms with Crippen LogP contribution >= 0.6 is 0 Å². The molecule has 0 unspecified atom stereocenters. The predicted octanol–water partition coefficient (Wildman–Crippen LogP) is 0.156. The highest BCUT2D eigenvalue weighted by atomic mass is 19.4. The number of alkyl halides is 3. The Morgan fingerprint density at radius 3 is 2.47 bits per heavy atom. The third-order valence-corrected chi connectivity index (χ3v) is 1.61. The van der Waals surface area contributed by atoms with Crippen molar-refractivity contribution in [2.45, 2.75) is 6.18 Å². The van der Waals surface area contributed by atoms with E-state index in [4.69, 9.17) is 9.90 Å². The number of aliphatic carboxylic acids is 1. The van der Waals surface area contributed by atoms with Crippen molar-refractivity contribution in [2.75, 3.05) is 12.0 Å². The maximum absolute atomic E-state index is 10.9. The van der Waals surface area contributed by atoms with Crippen LogP contribution in [0, 0.1) is 0 Å². The number of carboxylic acids is 1. The van der Waals surface area contributed by atoms with E-state index in [0.717, 1.165) is 0 Å². The van der Waals surface area contributed by atoms with Crippen molar-refractivity contribution >= 4 is 17.7 Å². The Bertz CT molecular complexity index is 428. The number of imidazole rings is 1. The Morgan fingerprint density at radius 2 is 2.00 bits per heavy atom. The summed E-state index contributed by atoms with van der Waals surface area (Å²) in [5.41, 5.74) is 0.506. The molecule has 2 rings (SSSR count). The maximum atomic E-state index is 10.9. The van der Waals surface area contributed by atoms with E-state index in [0.29, 0.717) is 18.2 Å². The van der Waals surface area contributed by atoms with Crippen LogP contribution in [0.15, 0.2) is 6.33 Å². The van der Waals surface area contributed by atoms with Crippen LogP contribution in [0.2, 0.25) is 0 Å². The minimum Gasteiger partial charge on any atom is -0.475 e. The van der Waals surface area contributed by atoms with Gasteiger partial charge in [0.2, 0.25) is 0 Å². The third kappa shape index (κ3) is 3.36. The molecule has 0 bridgehead atoms. The van der Waals surface area contributed by atoms with Crippen molar-refractivity contribution in [2.24, 2.45) is 0 Å². The summed E-state index contributed by atoms with van der Waals surface area (Å²) in [5.74, 6) is -2.23. The maximum Gasteiger partial charge on any atom is 0.490 e. The van der Waals surface area contributed by atoms with Crippen molar-refractivity contribution in [3.05, 3.63) is 12.0 Å². The summed E-state index contributed by atoms with van der Waals surface area (Å²) >= 11 is 0. The number of hydrogen-bond acceptors (Lipinski definition) is 4. The van der Waals surface area contributed by atoms with Gasteiger partial charge in [0.15, 0.2) is 5.82 Å². The molecule has 0 atom stereocenters. The summed E-state index contributed by atoms with van der Waals surface area (Å²) in [6.07, 6.45) is -3.59. The van der Waals surface area contributed by atoms with E-state index in [1.165, 1.54) is 6.33 Å². The highest BCUT2D eigenvalue weighted by Gasteiger charge is 2.38. The van der Waals surface area contributed by atoms with E-state index in [1.54, 1.807) is 0 Å². The van der Waals surface area contributed by atoms with E-state index >= 15 is 0 Å². The highest BCUT2D eigenvalue weighted by Crippen LogP contribution is 2.13. The Morgan fingerprint density at radius 1 is 1.41 bits per heavy atom. The summed E-state index contributed by atoms with van der Waals surface area (Å²) in [5, 5.41) is 12.6. The molecule has 1 aliphatic heterocycles. The lowest BCUT2D eigenvalue weighted by molar-refractivity contribution is -0.192. The Labute approximate surface area is 92.0 Å².